The highest BCUT2D eigenvalue weighted by atomic mass is 19.4. The number of nitrogen functional groups attached to an aromatic ring is 1. The number of nitrogens with one attached hydrogen (secondary N) is 3. The summed E-state index contributed by atoms with van der Waals surface area (Å²) in [5.41, 5.74) is 5.76. The van der Waals surface area contributed by atoms with Gasteiger partial charge in [-0.3, -0.25) is 5.10 Å². The first-order valence-corrected chi connectivity index (χ1v) is 10.2. The Morgan fingerprint density at radius 3 is 2.44 bits per heavy atom. The predicted molar refractivity (Wildman–Crippen MR) is 113 cm³/mol. The highest BCUT2D eigenvalue weighted by Gasteiger charge is 2.40. The summed E-state index contributed by atoms with van der Waals surface area (Å²) in [4.78, 5) is 7.52. The molecule has 1 aromatic carbocycles. The van der Waals surface area contributed by atoms with Gasteiger partial charge in [0.2, 0.25) is 5.95 Å². The van der Waals surface area contributed by atoms with E-state index in [2.05, 4.69) is 30.8 Å². The van der Waals surface area contributed by atoms with Crippen LogP contribution in [0.15, 0.2) is 18.2 Å². The van der Waals surface area contributed by atoms with E-state index in [0.717, 1.165) is 31.5 Å². The Morgan fingerprint density at radius 2 is 1.81 bits per heavy atom. The number of piperidine rings is 1. The van der Waals surface area contributed by atoms with Crippen LogP contribution < -0.4 is 16.4 Å². The average Bonchev–Trinajstić information content (AvgIpc) is 3.13. The highest BCUT2D eigenvalue weighted by molar-refractivity contribution is 5.74. The van der Waals surface area contributed by atoms with Crippen LogP contribution >= 0.6 is 0 Å². The SMILES string of the molecule is Cc1cc(Nc2nc(N)nc(-c3cc(C)c(C4CCNCC4)cc3F)c2C(F)(F)F)n[nH]1. The van der Waals surface area contributed by atoms with E-state index >= 15 is 4.39 Å². The van der Waals surface area contributed by atoms with Crippen LogP contribution in [0.2, 0.25) is 0 Å². The maximum atomic E-state index is 15.2. The van der Waals surface area contributed by atoms with E-state index < -0.39 is 35.0 Å². The molecule has 0 amide bonds. The molecule has 0 saturated carbocycles. The first kappa shape index (κ1) is 22.0. The number of alkyl halides is 3. The van der Waals surface area contributed by atoms with Crippen LogP contribution in [0.5, 0.6) is 0 Å². The summed E-state index contributed by atoms with van der Waals surface area (Å²) < 4.78 is 57.6. The number of rotatable bonds is 4. The maximum Gasteiger partial charge on any atom is 0.422 e. The van der Waals surface area contributed by atoms with E-state index in [-0.39, 0.29) is 17.3 Å². The van der Waals surface area contributed by atoms with Crippen LogP contribution in [0.1, 0.15) is 41.1 Å². The van der Waals surface area contributed by atoms with E-state index in [4.69, 9.17) is 5.73 Å². The molecule has 32 heavy (non-hydrogen) atoms. The molecule has 170 valence electrons. The van der Waals surface area contributed by atoms with Crippen LogP contribution in [0.4, 0.5) is 35.1 Å². The van der Waals surface area contributed by atoms with E-state index in [0.29, 0.717) is 11.3 Å². The first-order chi connectivity index (χ1) is 15.1. The van der Waals surface area contributed by atoms with Crippen molar-refractivity contribution in [1.29, 1.82) is 0 Å². The van der Waals surface area contributed by atoms with E-state index in [1.54, 1.807) is 13.8 Å². The fraction of sp³-hybridized carbons (Fsp3) is 0.381. The zero-order chi connectivity index (χ0) is 23.0. The molecule has 2 aromatic heterocycles. The smallest absolute Gasteiger partial charge is 0.368 e. The van der Waals surface area contributed by atoms with Gasteiger partial charge in [-0.1, -0.05) is 0 Å². The van der Waals surface area contributed by atoms with Crippen molar-refractivity contribution in [3.63, 3.8) is 0 Å². The molecule has 1 fully saturated rings. The standard InChI is InChI=1S/C21H23F4N7/c1-10-7-14(15(22)9-13(10)12-3-5-27-6-4-12)18-17(21(23,24)25)19(30-20(26)29-18)28-16-8-11(2)31-32-16/h7-9,12,27H,3-6H2,1-2H3,(H4,26,28,29,30,31,32). The molecule has 0 bridgehead atoms. The molecule has 0 unspecified atom stereocenters. The monoisotopic (exact) mass is 449 g/mol. The molecule has 4 rings (SSSR count). The van der Waals surface area contributed by atoms with Crippen molar-refractivity contribution >= 4 is 17.6 Å². The first-order valence-electron chi connectivity index (χ1n) is 10.2. The molecule has 0 aliphatic carbocycles. The van der Waals surface area contributed by atoms with Crippen LogP contribution in [-0.4, -0.2) is 33.3 Å². The number of aryl methyl sites for hydroxylation is 2. The predicted octanol–water partition coefficient (Wildman–Crippen LogP) is 4.43. The number of nitrogens with zero attached hydrogens (tertiary/aromatic N) is 3. The number of hydrogen-bond donors (Lipinski definition) is 4. The topological polar surface area (TPSA) is 105 Å². The minimum Gasteiger partial charge on any atom is -0.368 e. The normalized spacial score (nSPS) is 15.2. The highest BCUT2D eigenvalue weighted by Crippen LogP contribution is 2.43. The number of H-pyrrole nitrogens is 1. The van der Waals surface area contributed by atoms with E-state index in [1.165, 1.54) is 18.2 Å². The number of hydrogen-bond acceptors (Lipinski definition) is 6. The second-order valence-electron chi connectivity index (χ2n) is 7.93. The van der Waals surface area contributed by atoms with Crippen LogP contribution in [0.25, 0.3) is 11.3 Å². The Labute approximate surface area is 181 Å². The van der Waals surface area contributed by atoms with Gasteiger partial charge in [0.15, 0.2) is 5.82 Å². The summed E-state index contributed by atoms with van der Waals surface area (Å²) in [5.74, 6) is -1.52. The van der Waals surface area contributed by atoms with Gasteiger partial charge in [-0.25, -0.2) is 9.37 Å². The third kappa shape index (κ3) is 4.38. The second kappa shape index (κ2) is 8.38. The lowest BCUT2D eigenvalue weighted by molar-refractivity contribution is -0.136. The van der Waals surface area contributed by atoms with Gasteiger partial charge in [0.1, 0.15) is 17.2 Å². The Morgan fingerprint density at radius 1 is 1.09 bits per heavy atom. The molecule has 1 aliphatic rings. The molecular weight excluding hydrogens is 426 g/mol. The van der Waals surface area contributed by atoms with E-state index in [9.17, 15) is 13.2 Å². The summed E-state index contributed by atoms with van der Waals surface area (Å²) in [6.07, 6.45) is -3.19. The average molecular weight is 449 g/mol. The van der Waals surface area contributed by atoms with Gasteiger partial charge in [0.05, 0.1) is 5.69 Å². The minimum absolute atomic E-state index is 0.120. The van der Waals surface area contributed by atoms with E-state index in [1.807, 2.05) is 0 Å². The lowest BCUT2D eigenvalue weighted by atomic mass is 9.86. The van der Waals surface area contributed by atoms with Crippen molar-refractivity contribution in [2.45, 2.75) is 38.8 Å². The second-order valence-corrected chi connectivity index (χ2v) is 7.93. The summed E-state index contributed by atoms with van der Waals surface area (Å²) in [6.45, 7) is 5.10. The van der Waals surface area contributed by atoms with Gasteiger partial charge in [-0.2, -0.15) is 23.3 Å². The third-order valence-electron chi connectivity index (χ3n) is 5.55. The minimum atomic E-state index is -4.87. The molecule has 5 N–H and O–H groups in total. The van der Waals surface area contributed by atoms with Crippen molar-refractivity contribution in [1.82, 2.24) is 25.5 Å². The summed E-state index contributed by atoms with van der Waals surface area (Å²) in [7, 11) is 0. The Kier molecular flexibility index (Phi) is 5.76. The zero-order valence-corrected chi connectivity index (χ0v) is 17.6. The summed E-state index contributed by atoms with van der Waals surface area (Å²) in [5, 5.41) is 12.3. The maximum absolute atomic E-state index is 15.2. The number of aromatic amines is 1. The van der Waals surface area contributed by atoms with Crippen LogP contribution in [0.3, 0.4) is 0 Å². The van der Waals surface area contributed by atoms with Gasteiger partial charge in [0.25, 0.3) is 0 Å². The quantitative estimate of drug-likeness (QED) is 0.439. The van der Waals surface area contributed by atoms with Gasteiger partial charge >= 0.3 is 6.18 Å². The summed E-state index contributed by atoms with van der Waals surface area (Å²) in [6, 6.07) is 4.24. The van der Waals surface area contributed by atoms with Crippen molar-refractivity contribution in [2.24, 2.45) is 0 Å². The molecule has 1 saturated heterocycles. The molecule has 7 nitrogen and oxygen atoms in total. The Bertz CT molecular complexity index is 1130. The molecule has 1 aliphatic heterocycles. The van der Waals surface area contributed by atoms with Gasteiger partial charge in [-0.15, -0.1) is 0 Å². The Balaban J connectivity index is 1.84. The summed E-state index contributed by atoms with van der Waals surface area (Å²) >= 11 is 0. The van der Waals surface area contributed by atoms with Gasteiger partial charge in [0, 0.05) is 17.3 Å². The van der Waals surface area contributed by atoms with Gasteiger partial charge in [-0.05, 0) is 69.0 Å². The number of aromatic nitrogens is 4. The lowest BCUT2D eigenvalue weighted by Crippen LogP contribution is -2.27. The molecule has 0 radical (unpaired) electrons. The fourth-order valence-corrected chi connectivity index (χ4v) is 4.09. The largest absolute Gasteiger partial charge is 0.422 e. The fourth-order valence-electron chi connectivity index (χ4n) is 4.09. The molecule has 0 spiro atoms. The van der Waals surface area contributed by atoms with Gasteiger partial charge < -0.3 is 16.4 Å². The Hall–Kier alpha value is -3.21. The zero-order valence-electron chi connectivity index (χ0n) is 17.6. The molecule has 0 atom stereocenters. The van der Waals surface area contributed by atoms with Crippen LogP contribution in [0, 0.1) is 19.7 Å². The third-order valence-corrected chi connectivity index (χ3v) is 5.55. The van der Waals surface area contributed by atoms with Crippen molar-refractivity contribution in [3.8, 4) is 11.3 Å². The number of nitrogens with two attached hydrogens (primary N) is 1. The van der Waals surface area contributed by atoms with Crippen molar-refractivity contribution < 1.29 is 17.6 Å². The molecular formula is C21H23F4N7. The van der Waals surface area contributed by atoms with Crippen molar-refractivity contribution in [3.05, 3.63) is 46.4 Å². The lowest BCUT2D eigenvalue weighted by Gasteiger charge is -2.25. The number of halogens is 4. The molecule has 3 heterocycles. The number of anilines is 3. The number of benzene rings is 1. The molecule has 3 aromatic rings. The molecule has 11 heteroatoms. The van der Waals surface area contributed by atoms with Crippen LogP contribution in [-0.2, 0) is 6.18 Å². The van der Waals surface area contributed by atoms with Crippen molar-refractivity contribution in [2.75, 3.05) is 24.1 Å².